The van der Waals surface area contributed by atoms with Gasteiger partial charge in [0.25, 0.3) is 0 Å². The van der Waals surface area contributed by atoms with Gasteiger partial charge < -0.3 is 20.7 Å². The van der Waals surface area contributed by atoms with E-state index in [0.29, 0.717) is 18.9 Å². The van der Waals surface area contributed by atoms with E-state index in [1.54, 1.807) is 4.90 Å². The molecule has 3 N–H and O–H groups in total. The molecule has 6 heteroatoms. The predicted molar refractivity (Wildman–Crippen MR) is 66.4 cm³/mol. The van der Waals surface area contributed by atoms with E-state index in [1.807, 2.05) is 24.3 Å². The van der Waals surface area contributed by atoms with Crippen LogP contribution in [0.1, 0.15) is 0 Å². The number of ether oxygens (including phenoxy) is 1. The molecule has 0 fully saturated rings. The van der Waals surface area contributed by atoms with Gasteiger partial charge in [-0.25, -0.2) is 0 Å². The second kappa shape index (κ2) is 5.50. The summed E-state index contributed by atoms with van der Waals surface area (Å²) >= 11 is 0. The standard InChI is InChI=1S/C12H15N3O3/c13-7-11(16)14-8-12(17)15-5-6-18-10-4-2-1-3-9(10)15/h1-4H,5-8,13H2,(H,14,16). The largest absolute Gasteiger partial charge is 0.490 e. The summed E-state index contributed by atoms with van der Waals surface area (Å²) in [6, 6.07) is 7.32. The minimum Gasteiger partial charge on any atom is -0.490 e. The van der Waals surface area contributed by atoms with E-state index in [2.05, 4.69) is 5.32 Å². The molecule has 18 heavy (non-hydrogen) atoms. The molecule has 0 spiro atoms. The van der Waals surface area contributed by atoms with E-state index in [1.165, 1.54) is 0 Å². The van der Waals surface area contributed by atoms with Crippen LogP contribution < -0.4 is 20.7 Å². The Morgan fingerprint density at radius 3 is 2.94 bits per heavy atom. The van der Waals surface area contributed by atoms with Gasteiger partial charge in [0.05, 0.1) is 25.3 Å². The van der Waals surface area contributed by atoms with Crippen LogP contribution >= 0.6 is 0 Å². The van der Waals surface area contributed by atoms with Crippen molar-refractivity contribution >= 4 is 17.5 Å². The number of nitrogens with two attached hydrogens (primary N) is 1. The molecule has 0 atom stereocenters. The fourth-order valence-electron chi connectivity index (χ4n) is 1.77. The van der Waals surface area contributed by atoms with Crippen LogP contribution in [0.25, 0.3) is 0 Å². The van der Waals surface area contributed by atoms with Gasteiger partial charge in [0.2, 0.25) is 11.8 Å². The van der Waals surface area contributed by atoms with E-state index in [9.17, 15) is 9.59 Å². The Morgan fingerprint density at radius 2 is 2.17 bits per heavy atom. The van der Waals surface area contributed by atoms with Crippen LogP contribution in [0.15, 0.2) is 24.3 Å². The third-order valence-corrected chi connectivity index (χ3v) is 2.65. The summed E-state index contributed by atoms with van der Waals surface area (Å²) in [6.07, 6.45) is 0. The quantitative estimate of drug-likeness (QED) is 0.755. The molecule has 0 radical (unpaired) electrons. The van der Waals surface area contributed by atoms with E-state index in [-0.39, 0.29) is 24.9 Å². The Morgan fingerprint density at radius 1 is 1.39 bits per heavy atom. The van der Waals surface area contributed by atoms with Gasteiger partial charge in [-0.2, -0.15) is 0 Å². The first kappa shape index (κ1) is 12.4. The number of para-hydroxylation sites is 2. The molecular weight excluding hydrogens is 234 g/mol. The van der Waals surface area contributed by atoms with Crippen molar-refractivity contribution < 1.29 is 14.3 Å². The molecule has 2 amide bonds. The average Bonchev–Trinajstić information content (AvgIpc) is 2.43. The lowest BCUT2D eigenvalue weighted by molar-refractivity contribution is -0.124. The first-order valence-corrected chi connectivity index (χ1v) is 5.71. The van der Waals surface area contributed by atoms with Gasteiger partial charge in [-0.05, 0) is 12.1 Å². The summed E-state index contributed by atoms with van der Waals surface area (Å²) in [4.78, 5) is 24.6. The van der Waals surface area contributed by atoms with Gasteiger partial charge in [-0.1, -0.05) is 12.1 Å². The van der Waals surface area contributed by atoms with Crippen molar-refractivity contribution in [3.05, 3.63) is 24.3 Å². The van der Waals surface area contributed by atoms with Gasteiger partial charge in [-0.15, -0.1) is 0 Å². The number of hydrogen-bond acceptors (Lipinski definition) is 4. The van der Waals surface area contributed by atoms with Gasteiger partial charge in [0, 0.05) is 0 Å². The zero-order chi connectivity index (χ0) is 13.0. The third-order valence-electron chi connectivity index (χ3n) is 2.65. The highest BCUT2D eigenvalue weighted by Crippen LogP contribution is 2.30. The number of hydrogen-bond donors (Lipinski definition) is 2. The molecule has 0 unspecified atom stereocenters. The number of benzene rings is 1. The maximum atomic E-state index is 12.0. The van der Waals surface area contributed by atoms with Crippen LogP contribution in [-0.4, -0.2) is 38.1 Å². The summed E-state index contributed by atoms with van der Waals surface area (Å²) in [5.41, 5.74) is 5.89. The van der Waals surface area contributed by atoms with E-state index in [4.69, 9.17) is 10.5 Å². The zero-order valence-electron chi connectivity index (χ0n) is 9.89. The molecule has 1 aliphatic rings. The van der Waals surface area contributed by atoms with E-state index < -0.39 is 0 Å². The fourth-order valence-corrected chi connectivity index (χ4v) is 1.77. The number of carbonyl (C=O) groups is 2. The molecule has 0 saturated heterocycles. The Balaban J connectivity index is 2.06. The molecule has 96 valence electrons. The van der Waals surface area contributed by atoms with Crippen molar-refractivity contribution in [2.24, 2.45) is 5.73 Å². The van der Waals surface area contributed by atoms with Crippen molar-refractivity contribution in [2.75, 3.05) is 31.1 Å². The SMILES string of the molecule is NCC(=O)NCC(=O)N1CCOc2ccccc21. The first-order valence-electron chi connectivity index (χ1n) is 5.71. The van der Waals surface area contributed by atoms with Crippen molar-refractivity contribution in [3.8, 4) is 5.75 Å². The second-order valence-electron chi connectivity index (χ2n) is 3.84. The number of nitrogens with one attached hydrogen (secondary N) is 1. The summed E-state index contributed by atoms with van der Waals surface area (Å²) < 4.78 is 5.45. The molecule has 0 aromatic heterocycles. The number of anilines is 1. The zero-order valence-corrected chi connectivity index (χ0v) is 9.89. The molecule has 1 heterocycles. The van der Waals surface area contributed by atoms with Crippen LogP contribution in [-0.2, 0) is 9.59 Å². The maximum Gasteiger partial charge on any atom is 0.246 e. The maximum absolute atomic E-state index is 12.0. The first-order chi connectivity index (χ1) is 8.72. The van der Waals surface area contributed by atoms with Gasteiger partial charge in [-0.3, -0.25) is 9.59 Å². The molecule has 6 nitrogen and oxygen atoms in total. The highest BCUT2D eigenvalue weighted by molar-refractivity contribution is 5.98. The van der Waals surface area contributed by atoms with Crippen LogP contribution in [0.3, 0.4) is 0 Å². The predicted octanol–water partition coefficient (Wildman–Crippen LogP) is -0.513. The lowest BCUT2D eigenvalue weighted by Gasteiger charge is -2.29. The normalized spacial score (nSPS) is 13.5. The van der Waals surface area contributed by atoms with Crippen molar-refractivity contribution in [1.82, 2.24) is 5.32 Å². The number of fused-ring (bicyclic) bond motifs is 1. The lowest BCUT2D eigenvalue weighted by atomic mass is 10.2. The number of amides is 2. The van der Waals surface area contributed by atoms with Gasteiger partial charge in [0.15, 0.2) is 0 Å². The highest BCUT2D eigenvalue weighted by Gasteiger charge is 2.23. The minimum absolute atomic E-state index is 0.0512. The summed E-state index contributed by atoms with van der Waals surface area (Å²) in [5.74, 6) is 0.166. The summed E-state index contributed by atoms with van der Waals surface area (Å²) in [6.45, 7) is 0.763. The Kier molecular flexibility index (Phi) is 3.78. The number of rotatable bonds is 3. The van der Waals surface area contributed by atoms with Crippen molar-refractivity contribution in [3.63, 3.8) is 0 Å². The van der Waals surface area contributed by atoms with Gasteiger partial charge in [0.1, 0.15) is 12.4 Å². The molecule has 0 aliphatic carbocycles. The Hall–Kier alpha value is -2.08. The molecule has 2 rings (SSSR count). The van der Waals surface area contributed by atoms with E-state index >= 15 is 0 Å². The van der Waals surface area contributed by atoms with Crippen molar-refractivity contribution in [1.29, 1.82) is 0 Å². The molecule has 0 saturated carbocycles. The third kappa shape index (κ3) is 2.60. The van der Waals surface area contributed by atoms with Crippen LogP contribution in [0, 0.1) is 0 Å². The Labute approximate surface area is 105 Å². The molecular formula is C12H15N3O3. The van der Waals surface area contributed by atoms with Crippen LogP contribution in [0.2, 0.25) is 0 Å². The molecule has 1 aliphatic heterocycles. The van der Waals surface area contributed by atoms with Gasteiger partial charge >= 0.3 is 0 Å². The van der Waals surface area contributed by atoms with Crippen molar-refractivity contribution in [2.45, 2.75) is 0 Å². The summed E-state index contributed by atoms with van der Waals surface area (Å²) in [7, 11) is 0. The minimum atomic E-state index is -0.343. The molecule has 1 aromatic carbocycles. The van der Waals surface area contributed by atoms with E-state index in [0.717, 1.165) is 5.69 Å². The summed E-state index contributed by atoms with van der Waals surface area (Å²) in [5, 5.41) is 2.46. The second-order valence-corrected chi connectivity index (χ2v) is 3.84. The monoisotopic (exact) mass is 249 g/mol. The fraction of sp³-hybridized carbons (Fsp3) is 0.333. The average molecular weight is 249 g/mol. The number of carbonyl (C=O) groups excluding carboxylic acids is 2. The number of nitrogens with zero attached hydrogens (tertiary/aromatic N) is 1. The lowest BCUT2D eigenvalue weighted by Crippen LogP contribution is -2.45. The van der Waals surface area contributed by atoms with Crippen LogP contribution in [0.4, 0.5) is 5.69 Å². The highest BCUT2D eigenvalue weighted by atomic mass is 16.5. The topological polar surface area (TPSA) is 84.7 Å². The molecule has 1 aromatic rings. The smallest absolute Gasteiger partial charge is 0.246 e. The van der Waals surface area contributed by atoms with Crippen LogP contribution in [0.5, 0.6) is 5.75 Å². The molecule has 0 bridgehead atoms. The Bertz CT molecular complexity index is 462.